The SMILES string of the molecule is Cc1cc2c(cc1C(F)(F)F)c1cc(C(F)(F)F)ccc1n2[C@@H]1CCCNCC1. The van der Waals surface area contributed by atoms with Crippen molar-refractivity contribution in [1.29, 1.82) is 0 Å². The van der Waals surface area contributed by atoms with Gasteiger partial charge in [-0.3, -0.25) is 0 Å². The summed E-state index contributed by atoms with van der Waals surface area (Å²) in [7, 11) is 0. The minimum Gasteiger partial charge on any atom is -0.337 e. The molecule has 0 spiro atoms. The standard InChI is InChI=1S/C21H20F6N2/c1-12-9-19-16(11-17(12)21(25,26)27)15-10-13(20(22,23)24)4-5-18(15)29(19)14-3-2-7-28-8-6-14/h4-5,9-11,14,28H,2-3,6-8H2,1H3/t14-/m1/s1. The first-order valence-electron chi connectivity index (χ1n) is 9.51. The summed E-state index contributed by atoms with van der Waals surface area (Å²) in [5, 5.41) is 3.71. The molecule has 4 rings (SSSR count). The van der Waals surface area contributed by atoms with E-state index in [9.17, 15) is 26.3 Å². The molecule has 0 unspecified atom stereocenters. The van der Waals surface area contributed by atoms with Crippen LogP contribution in [0.1, 0.15) is 42.0 Å². The molecule has 1 aliphatic heterocycles. The summed E-state index contributed by atoms with van der Waals surface area (Å²) in [5.74, 6) is 0. The molecule has 0 amide bonds. The van der Waals surface area contributed by atoms with Gasteiger partial charge in [-0.25, -0.2) is 0 Å². The van der Waals surface area contributed by atoms with E-state index in [0.29, 0.717) is 11.0 Å². The third-order valence-electron chi connectivity index (χ3n) is 5.69. The summed E-state index contributed by atoms with van der Waals surface area (Å²) in [4.78, 5) is 0. The van der Waals surface area contributed by atoms with Gasteiger partial charge in [0.1, 0.15) is 0 Å². The highest BCUT2D eigenvalue weighted by Gasteiger charge is 2.35. The Morgan fingerprint density at radius 2 is 1.59 bits per heavy atom. The number of hydrogen-bond acceptors (Lipinski definition) is 1. The molecule has 0 bridgehead atoms. The zero-order valence-corrected chi connectivity index (χ0v) is 15.7. The number of alkyl halides is 6. The summed E-state index contributed by atoms with van der Waals surface area (Å²) in [6.07, 6.45) is -6.66. The minimum atomic E-state index is -4.57. The molecule has 1 fully saturated rings. The van der Waals surface area contributed by atoms with Crippen molar-refractivity contribution in [3.8, 4) is 0 Å². The number of aromatic nitrogens is 1. The molecule has 156 valence electrons. The van der Waals surface area contributed by atoms with Crippen molar-refractivity contribution in [2.24, 2.45) is 0 Å². The van der Waals surface area contributed by atoms with Crippen molar-refractivity contribution in [2.75, 3.05) is 13.1 Å². The third-order valence-corrected chi connectivity index (χ3v) is 5.69. The van der Waals surface area contributed by atoms with Crippen molar-refractivity contribution in [3.05, 3.63) is 47.0 Å². The van der Waals surface area contributed by atoms with E-state index in [4.69, 9.17) is 0 Å². The average Bonchev–Trinajstić information content (AvgIpc) is 2.77. The number of rotatable bonds is 1. The molecule has 1 aromatic heterocycles. The highest BCUT2D eigenvalue weighted by molar-refractivity contribution is 6.09. The molecule has 1 aliphatic rings. The van der Waals surface area contributed by atoms with Crippen LogP contribution in [0.3, 0.4) is 0 Å². The summed E-state index contributed by atoms with van der Waals surface area (Å²) in [6.45, 7) is 3.00. The van der Waals surface area contributed by atoms with Crippen LogP contribution in [-0.2, 0) is 12.4 Å². The summed E-state index contributed by atoms with van der Waals surface area (Å²) in [6, 6.07) is 5.84. The van der Waals surface area contributed by atoms with E-state index >= 15 is 0 Å². The second-order valence-corrected chi connectivity index (χ2v) is 7.62. The first kappa shape index (κ1) is 20.1. The first-order valence-corrected chi connectivity index (χ1v) is 9.51. The number of nitrogens with zero attached hydrogens (tertiary/aromatic N) is 1. The molecule has 1 atom stereocenters. The summed E-state index contributed by atoms with van der Waals surface area (Å²) < 4.78 is 82.1. The molecule has 3 aromatic rings. The molecule has 29 heavy (non-hydrogen) atoms. The van der Waals surface area contributed by atoms with E-state index in [2.05, 4.69) is 5.32 Å². The van der Waals surface area contributed by atoms with Crippen LogP contribution < -0.4 is 5.32 Å². The molecule has 2 heterocycles. The second kappa shape index (κ2) is 6.93. The molecular weight excluding hydrogens is 394 g/mol. The number of nitrogens with one attached hydrogen (secondary N) is 1. The van der Waals surface area contributed by atoms with Gasteiger partial charge in [-0.2, -0.15) is 26.3 Å². The van der Waals surface area contributed by atoms with Crippen molar-refractivity contribution < 1.29 is 26.3 Å². The fraction of sp³-hybridized carbons (Fsp3) is 0.429. The Morgan fingerprint density at radius 1 is 0.862 bits per heavy atom. The van der Waals surface area contributed by atoms with Gasteiger partial charge in [-0.1, -0.05) is 0 Å². The first-order chi connectivity index (χ1) is 13.6. The van der Waals surface area contributed by atoms with Crippen LogP contribution in [0.5, 0.6) is 0 Å². The molecular formula is C21H20F6N2. The van der Waals surface area contributed by atoms with E-state index < -0.39 is 23.5 Å². The molecule has 2 nitrogen and oxygen atoms in total. The number of fused-ring (bicyclic) bond motifs is 3. The van der Waals surface area contributed by atoms with Gasteiger partial charge in [0.05, 0.1) is 11.1 Å². The smallest absolute Gasteiger partial charge is 0.337 e. The summed E-state index contributed by atoms with van der Waals surface area (Å²) >= 11 is 0. The Labute approximate surface area is 163 Å². The number of halogens is 6. The lowest BCUT2D eigenvalue weighted by molar-refractivity contribution is -0.138. The van der Waals surface area contributed by atoms with Gasteiger partial charge in [0.2, 0.25) is 0 Å². The average molecular weight is 414 g/mol. The lowest BCUT2D eigenvalue weighted by Gasteiger charge is -2.20. The van der Waals surface area contributed by atoms with Crippen LogP contribution >= 0.6 is 0 Å². The Hall–Kier alpha value is -2.22. The molecule has 0 aliphatic carbocycles. The van der Waals surface area contributed by atoms with Crippen molar-refractivity contribution in [1.82, 2.24) is 9.88 Å². The number of benzene rings is 2. The van der Waals surface area contributed by atoms with E-state index in [1.165, 1.54) is 19.1 Å². The predicted molar refractivity (Wildman–Crippen MR) is 99.9 cm³/mol. The molecule has 1 N–H and O–H groups in total. The lowest BCUT2D eigenvalue weighted by atomic mass is 10.0. The van der Waals surface area contributed by atoms with Gasteiger partial charge in [0, 0.05) is 27.8 Å². The Balaban J connectivity index is 2.05. The van der Waals surface area contributed by atoms with E-state index in [0.717, 1.165) is 50.6 Å². The molecule has 1 saturated heterocycles. The Kier molecular flexibility index (Phi) is 4.80. The second-order valence-electron chi connectivity index (χ2n) is 7.62. The van der Waals surface area contributed by atoms with Gasteiger partial charge in [0.25, 0.3) is 0 Å². The molecule has 8 heteroatoms. The van der Waals surface area contributed by atoms with Crippen molar-refractivity contribution in [3.63, 3.8) is 0 Å². The van der Waals surface area contributed by atoms with Gasteiger partial charge in [-0.05, 0) is 75.2 Å². The fourth-order valence-corrected chi connectivity index (χ4v) is 4.33. The lowest BCUT2D eigenvalue weighted by Crippen LogP contribution is -2.15. The van der Waals surface area contributed by atoms with Crippen LogP contribution in [0, 0.1) is 6.92 Å². The van der Waals surface area contributed by atoms with Crippen LogP contribution in [0.15, 0.2) is 30.3 Å². The predicted octanol–water partition coefficient (Wildman–Crippen LogP) is 6.46. The molecule has 0 saturated carbocycles. The number of hydrogen-bond donors (Lipinski definition) is 1. The largest absolute Gasteiger partial charge is 0.416 e. The Morgan fingerprint density at radius 3 is 2.28 bits per heavy atom. The molecule has 0 radical (unpaired) electrons. The van der Waals surface area contributed by atoms with Gasteiger partial charge >= 0.3 is 12.4 Å². The van der Waals surface area contributed by atoms with Gasteiger partial charge < -0.3 is 9.88 Å². The van der Waals surface area contributed by atoms with Gasteiger partial charge in [0.15, 0.2) is 0 Å². The van der Waals surface area contributed by atoms with E-state index in [1.807, 2.05) is 4.57 Å². The van der Waals surface area contributed by atoms with Crippen LogP contribution in [-0.4, -0.2) is 17.7 Å². The monoisotopic (exact) mass is 414 g/mol. The highest BCUT2D eigenvalue weighted by atomic mass is 19.4. The molecule has 2 aromatic carbocycles. The minimum absolute atomic E-state index is 0.0119. The van der Waals surface area contributed by atoms with Crippen molar-refractivity contribution in [2.45, 2.75) is 44.6 Å². The fourth-order valence-electron chi connectivity index (χ4n) is 4.33. The maximum absolute atomic E-state index is 13.5. The van der Waals surface area contributed by atoms with Gasteiger partial charge in [-0.15, -0.1) is 0 Å². The quantitative estimate of drug-likeness (QED) is 0.453. The van der Waals surface area contributed by atoms with Crippen LogP contribution in [0.25, 0.3) is 21.8 Å². The number of aryl methyl sites for hydroxylation is 1. The normalized spacial score (nSPS) is 19.1. The summed E-state index contributed by atoms with van der Waals surface area (Å²) in [5.41, 5.74) is -0.517. The zero-order valence-electron chi connectivity index (χ0n) is 15.7. The van der Waals surface area contributed by atoms with E-state index in [-0.39, 0.29) is 22.4 Å². The highest BCUT2D eigenvalue weighted by Crippen LogP contribution is 2.42. The van der Waals surface area contributed by atoms with E-state index in [1.54, 1.807) is 0 Å². The maximum atomic E-state index is 13.5. The Bertz CT molecular complexity index is 1050. The topological polar surface area (TPSA) is 17.0 Å². The van der Waals surface area contributed by atoms with Crippen molar-refractivity contribution >= 4 is 21.8 Å². The maximum Gasteiger partial charge on any atom is 0.416 e. The van der Waals surface area contributed by atoms with Crippen LogP contribution in [0.2, 0.25) is 0 Å². The third kappa shape index (κ3) is 3.58. The van der Waals surface area contributed by atoms with Crippen LogP contribution in [0.4, 0.5) is 26.3 Å². The zero-order chi connectivity index (χ0) is 21.0.